The Morgan fingerprint density at radius 2 is 2.25 bits per heavy atom. The number of nitrogen functional groups attached to an aromatic ring is 1. The molecule has 0 aromatic carbocycles. The van der Waals surface area contributed by atoms with Gasteiger partial charge in [0.15, 0.2) is 0 Å². The molecule has 0 saturated carbocycles. The number of nitrogens with zero attached hydrogens (tertiary/aromatic N) is 2. The van der Waals surface area contributed by atoms with Gasteiger partial charge < -0.3 is 5.73 Å². The summed E-state index contributed by atoms with van der Waals surface area (Å²) < 4.78 is 0. The highest BCUT2D eigenvalue weighted by Gasteiger charge is 1.75. The lowest BCUT2D eigenvalue weighted by Crippen LogP contribution is -1.84. The van der Waals surface area contributed by atoms with E-state index in [9.17, 15) is 0 Å². The van der Waals surface area contributed by atoms with Crippen molar-refractivity contribution in [3.05, 3.63) is 6.33 Å². The van der Waals surface area contributed by atoms with E-state index >= 15 is 0 Å². The first kappa shape index (κ1) is 6.94. The zero-order valence-electron chi connectivity index (χ0n) is 5.05. The summed E-state index contributed by atoms with van der Waals surface area (Å²) in [5, 5.41) is 5.88. The number of hydrogen-bond acceptors (Lipinski definition) is 3. The molecule has 0 bridgehead atoms. The van der Waals surface area contributed by atoms with Crippen molar-refractivity contribution in [2.45, 2.75) is 13.8 Å². The van der Waals surface area contributed by atoms with Crippen LogP contribution in [-0.2, 0) is 0 Å². The van der Waals surface area contributed by atoms with Crippen LogP contribution in [0.25, 0.3) is 0 Å². The average molecular weight is 114 g/mol. The predicted molar refractivity (Wildman–Crippen MR) is 32.1 cm³/mol. The fourth-order valence-electron chi connectivity index (χ4n) is 0.215. The first-order valence-corrected chi connectivity index (χ1v) is 2.50. The molecule has 0 amide bonds. The molecule has 4 nitrogen and oxygen atoms in total. The molecule has 1 heterocycles. The van der Waals surface area contributed by atoms with Gasteiger partial charge >= 0.3 is 0 Å². The number of nitrogens with two attached hydrogens (primary N) is 1. The number of anilines is 1. The molecule has 0 saturated heterocycles. The van der Waals surface area contributed by atoms with Gasteiger partial charge in [-0.15, -0.1) is 0 Å². The Morgan fingerprint density at radius 3 is 2.38 bits per heavy atom. The molecule has 0 spiro atoms. The first-order chi connectivity index (χ1) is 3.89. The van der Waals surface area contributed by atoms with Crippen molar-refractivity contribution < 1.29 is 0 Å². The van der Waals surface area contributed by atoms with E-state index in [0.717, 1.165) is 0 Å². The molecule has 8 heavy (non-hydrogen) atoms. The van der Waals surface area contributed by atoms with E-state index in [1.165, 1.54) is 6.33 Å². The minimum atomic E-state index is 0.356. The molecule has 0 aliphatic carbocycles. The fraction of sp³-hybridized carbons (Fsp3) is 0.500. The van der Waals surface area contributed by atoms with Crippen molar-refractivity contribution in [1.82, 2.24) is 15.2 Å². The molecule has 0 fully saturated rings. The predicted octanol–water partition coefficient (Wildman–Crippen LogP) is 0.413. The number of aromatic nitrogens is 3. The van der Waals surface area contributed by atoms with Crippen molar-refractivity contribution >= 4 is 5.95 Å². The summed E-state index contributed by atoms with van der Waals surface area (Å²) in [4.78, 5) is 3.53. The summed E-state index contributed by atoms with van der Waals surface area (Å²) in [5.74, 6) is 0.356. The molecule has 1 aromatic rings. The summed E-state index contributed by atoms with van der Waals surface area (Å²) in [5.41, 5.74) is 5.05. The van der Waals surface area contributed by atoms with Crippen LogP contribution >= 0.6 is 0 Å². The van der Waals surface area contributed by atoms with Crippen LogP contribution in [-0.4, -0.2) is 15.2 Å². The molecule has 0 radical (unpaired) electrons. The van der Waals surface area contributed by atoms with Crippen LogP contribution < -0.4 is 5.73 Å². The molecule has 0 atom stereocenters. The highest BCUT2D eigenvalue weighted by molar-refractivity contribution is 5.07. The Hall–Kier alpha value is -1.06. The molecule has 46 valence electrons. The van der Waals surface area contributed by atoms with Gasteiger partial charge in [-0.25, -0.2) is 10.1 Å². The van der Waals surface area contributed by atoms with Crippen LogP contribution in [0.3, 0.4) is 0 Å². The molecule has 0 unspecified atom stereocenters. The smallest absolute Gasteiger partial charge is 0.215 e. The molecule has 4 heteroatoms. The summed E-state index contributed by atoms with van der Waals surface area (Å²) in [7, 11) is 0. The van der Waals surface area contributed by atoms with Gasteiger partial charge in [-0.1, -0.05) is 13.8 Å². The van der Waals surface area contributed by atoms with Gasteiger partial charge in [0.1, 0.15) is 6.33 Å². The van der Waals surface area contributed by atoms with Gasteiger partial charge in [0, 0.05) is 0 Å². The molecule has 1 aromatic heterocycles. The lowest BCUT2D eigenvalue weighted by Gasteiger charge is -1.68. The van der Waals surface area contributed by atoms with E-state index in [1.807, 2.05) is 13.8 Å². The van der Waals surface area contributed by atoms with Gasteiger partial charge in [-0.2, -0.15) is 5.10 Å². The van der Waals surface area contributed by atoms with E-state index in [0.29, 0.717) is 5.95 Å². The highest BCUT2D eigenvalue weighted by Crippen LogP contribution is 1.76. The average Bonchev–Trinajstić information content (AvgIpc) is 2.24. The van der Waals surface area contributed by atoms with Crippen LogP contribution in [0.15, 0.2) is 6.33 Å². The Labute approximate surface area is 48.1 Å². The number of aromatic amines is 1. The number of nitrogens with one attached hydrogen (secondary N) is 1. The number of H-pyrrole nitrogens is 1. The minimum absolute atomic E-state index is 0.356. The van der Waals surface area contributed by atoms with E-state index in [2.05, 4.69) is 15.2 Å². The summed E-state index contributed by atoms with van der Waals surface area (Å²) in [6.45, 7) is 4.00. The second-order valence-electron chi connectivity index (χ2n) is 0.871. The Kier molecular flexibility index (Phi) is 3.56. The van der Waals surface area contributed by atoms with E-state index in [1.54, 1.807) is 0 Å². The van der Waals surface area contributed by atoms with Gasteiger partial charge in [-0.05, 0) is 0 Å². The fourth-order valence-corrected chi connectivity index (χ4v) is 0.215. The van der Waals surface area contributed by atoms with Crippen molar-refractivity contribution in [3.8, 4) is 0 Å². The van der Waals surface area contributed by atoms with Crippen LogP contribution in [0.4, 0.5) is 5.95 Å². The van der Waals surface area contributed by atoms with Crippen LogP contribution in [0, 0.1) is 0 Å². The molecular formula is C4H10N4. The SMILES string of the molecule is CC.Nc1ncn[nH]1. The zero-order chi connectivity index (χ0) is 6.41. The highest BCUT2D eigenvalue weighted by atomic mass is 15.2. The third-order valence-corrected chi connectivity index (χ3v) is 0.434. The second-order valence-corrected chi connectivity index (χ2v) is 0.871. The van der Waals surface area contributed by atoms with Gasteiger partial charge in [0.2, 0.25) is 5.95 Å². The van der Waals surface area contributed by atoms with E-state index < -0.39 is 0 Å². The van der Waals surface area contributed by atoms with Gasteiger partial charge in [-0.3, -0.25) is 0 Å². The van der Waals surface area contributed by atoms with Crippen molar-refractivity contribution in [1.29, 1.82) is 0 Å². The summed E-state index contributed by atoms with van der Waals surface area (Å²) in [6.07, 6.45) is 1.36. The molecule has 0 aliphatic heterocycles. The standard InChI is InChI=1S/C2H4N4.C2H6/c3-2-4-1-5-6-2;1-2/h1H,(H3,3,4,5,6);1-2H3. The molecule has 0 aliphatic rings. The van der Waals surface area contributed by atoms with Crippen LogP contribution in [0.5, 0.6) is 0 Å². The Morgan fingerprint density at radius 1 is 1.62 bits per heavy atom. The third kappa shape index (κ3) is 2.17. The number of hydrogen-bond donors (Lipinski definition) is 2. The topological polar surface area (TPSA) is 67.6 Å². The normalized spacial score (nSPS) is 7.25. The van der Waals surface area contributed by atoms with E-state index in [4.69, 9.17) is 5.73 Å². The quantitative estimate of drug-likeness (QED) is 0.513. The van der Waals surface area contributed by atoms with Crippen LogP contribution in [0.1, 0.15) is 13.8 Å². The van der Waals surface area contributed by atoms with Crippen LogP contribution in [0.2, 0.25) is 0 Å². The zero-order valence-corrected chi connectivity index (χ0v) is 5.05. The molecule has 1 rings (SSSR count). The van der Waals surface area contributed by atoms with Crippen molar-refractivity contribution in [2.75, 3.05) is 5.73 Å². The number of rotatable bonds is 0. The summed E-state index contributed by atoms with van der Waals surface area (Å²) in [6, 6.07) is 0. The molecule has 3 N–H and O–H groups in total. The first-order valence-electron chi connectivity index (χ1n) is 2.50. The maximum atomic E-state index is 5.05. The lowest BCUT2D eigenvalue weighted by molar-refractivity contribution is 1.10. The van der Waals surface area contributed by atoms with Gasteiger partial charge in [0.05, 0.1) is 0 Å². The monoisotopic (exact) mass is 114 g/mol. The maximum Gasteiger partial charge on any atom is 0.215 e. The summed E-state index contributed by atoms with van der Waals surface area (Å²) >= 11 is 0. The van der Waals surface area contributed by atoms with Crippen molar-refractivity contribution in [2.24, 2.45) is 0 Å². The maximum absolute atomic E-state index is 5.05. The van der Waals surface area contributed by atoms with Gasteiger partial charge in [0.25, 0.3) is 0 Å². The minimum Gasteiger partial charge on any atom is -0.368 e. The Bertz CT molecular complexity index is 112. The largest absolute Gasteiger partial charge is 0.368 e. The second kappa shape index (κ2) is 4.11. The Balaban J connectivity index is 0.000000222. The molecular weight excluding hydrogens is 104 g/mol. The van der Waals surface area contributed by atoms with E-state index in [-0.39, 0.29) is 0 Å². The third-order valence-electron chi connectivity index (χ3n) is 0.434. The lowest BCUT2D eigenvalue weighted by atomic mass is 11.0. The van der Waals surface area contributed by atoms with Crippen molar-refractivity contribution in [3.63, 3.8) is 0 Å².